The summed E-state index contributed by atoms with van der Waals surface area (Å²) in [6, 6.07) is 19.3. The highest BCUT2D eigenvalue weighted by Crippen LogP contribution is 2.43. The van der Waals surface area contributed by atoms with Crippen molar-refractivity contribution in [3.8, 4) is 11.1 Å². The van der Waals surface area contributed by atoms with Crippen LogP contribution in [0.2, 0.25) is 0 Å². The molecule has 0 bridgehead atoms. The van der Waals surface area contributed by atoms with Crippen LogP contribution in [0.1, 0.15) is 34.3 Å². The van der Waals surface area contributed by atoms with Gasteiger partial charge in [-0.1, -0.05) is 48.5 Å². The molecule has 1 saturated carbocycles. The third-order valence-electron chi connectivity index (χ3n) is 4.97. The first-order valence-corrected chi connectivity index (χ1v) is 8.25. The third kappa shape index (κ3) is 1.98. The van der Waals surface area contributed by atoms with Gasteiger partial charge in [0.15, 0.2) is 0 Å². The molecule has 0 aliphatic heterocycles. The molecule has 2 nitrogen and oxygen atoms in total. The van der Waals surface area contributed by atoms with Crippen molar-refractivity contribution in [3.05, 3.63) is 71.3 Å². The van der Waals surface area contributed by atoms with Crippen LogP contribution in [0.4, 0.5) is 0 Å². The number of benzene rings is 3. The first-order chi connectivity index (χ1) is 11.3. The molecular formula is C21H17NO. The van der Waals surface area contributed by atoms with Crippen LogP contribution in [-0.4, -0.2) is 11.9 Å². The Morgan fingerprint density at radius 1 is 1.00 bits per heavy atom. The van der Waals surface area contributed by atoms with E-state index in [4.69, 9.17) is 0 Å². The van der Waals surface area contributed by atoms with Gasteiger partial charge >= 0.3 is 0 Å². The molecule has 3 aromatic rings. The van der Waals surface area contributed by atoms with Gasteiger partial charge in [-0.2, -0.15) is 0 Å². The second kappa shape index (κ2) is 4.69. The van der Waals surface area contributed by atoms with Crippen molar-refractivity contribution in [1.29, 1.82) is 0 Å². The molecule has 1 amide bonds. The maximum absolute atomic E-state index is 12.7. The average molecular weight is 299 g/mol. The molecule has 3 aromatic carbocycles. The van der Waals surface area contributed by atoms with Gasteiger partial charge in [-0.05, 0) is 58.4 Å². The fourth-order valence-electron chi connectivity index (χ4n) is 3.68. The molecule has 2 aliphatic rings. The maximum atomic E-state index is 12.7. The Hall–Kier alpha value is -2.61. The lowest BCUT2D eigenvalue weighted by Crippen LogP contribution is -2.26. The van der Waals surface area contributed by atoms with E-state index in [0.29, 0.717) is 6.04 Å². The lowest BCUT2D eigenvalue weighted by molar-refractivity contribution is 0.0950. The zero-order valence-corrected chi connectivity index (χ0v) is 12.8. The zero-order valence-electron chi connectivity index (χ0n) is 12.8. The van der Waals surface area contributed by atoms with Crippen molar-refractivity contribution in [2.24, 2.45) is 0 Å². The van der Waals surface area contributed by atoms with Crippen molar-refractivity contribution < 1.29 is 4.79 Å². The van der Waals surface area contributed by atoms with Gasteiger partial charge in [0.05, 0.1) is 0 Å². The Morgan fingerprint density at radius 3 is 2.65 bits per heavy atom. The summed E-state index contributed by atoms with van der Waals surface area (Å²) >= 11 is 0. The van der Waals surface area contributed by atoms with Gasteiger partial charge in [0.1, 0.15) is 0 Å². The van der Waals surface area contributed by atoms with Crippen LogP contribution >= 0.6 is 0 Å². The smallest absolute Gasteiger partial charge is 0.251 e. The molecule has 112 valence electrons. The highest BCUT2D eigenvalue weighted by atomic mass is 16.1. The van der Waals surface area contributed by atoms with Crippen LogP contribution < -0.4 is 5.32 Å². The third-order valence-corrected chi connectivity index (χ3v) is 4.97. The largest absolute Gasteiger partial charge is 0.349 e. The Morgan fingerprint density at radius 2 is 1.78 bits per heavy atom. The van der Waals surface area contributed by atoms with Gasteiger partial charge in [-0.15, -0.1) is 0 Å². The Bertz CT molecular complexity index is 953. The summed E-state index contributed by atoms with van der Waals surface area (Å²) < 4.78 is 0. The minimum absolute atomic E-state index is 0.0855. The number of carbonyl (C=O) groups is 1. The van der Waals surface area contributed by atoms with Crippen molar-refractivity contribution >= 4 is 16.7 Å². The fraction of sp³-hybridized carbons (Fsp3) is 0.190. The first kappa shape index (κ1) is 12.9. The van der Waals surface area contributed by atoms with E-state index < -0.39 is 0 Å². The van der Waals surface area contributed by atoms with E-state index in [2.05, 4.69) is 53.8 Å². The van der Waals surface area contributed by atoms with Gasteiger partial charge in [0.25, 0.3) is 5.91 Å². The van der Waals surface area contributed by atoms with E-state index in [1.807, 2.05) is 6.07 Å². The van der Waals surface area contributed by atoms with Crippen LogP contribution in [0.25, 0.3) is 21.9 Å². The minimum atomic E-state index is 0.0855. The lowest BCUT2D eigenvalue weighted by atomic mass is 9.93. The van der Waals surface area contributed by atoms with Crippen LogP contribution in [0.5, 0.6) is 0 Å². The van der Waals surface area contributed by atoms with E-state index in [1.54, 1.807) is 0 Å². The first-order valence-electron chi connectivity index (χ1n) is 8.25. The normalized spacial score (nSPS) is 15.3. The highest BCUT2D eigenvalue weighted by Gasteiger charge is 2.29. The number of fused-ring (bicyclic) bond motifs is 5. The molecule has 1 N–H and O–H groups in total. The summed E-state index contributed by atoms with van der Waals surface area (Å²) in [5.41, 5.74) is 5.88. The summed E-state index contributed by atoms with van der Waals surface area (Å²) in [5.74, 6) is 0.0855. The number of nitrogens with one attached hydrogen (secondary N) is 1. The molecule has 0 atom stereocenters. The highest BCUT2D eigenvalue weighted by molar-refractivity contribution is 6.09. The molecule has 1 fully saturated rings. The quantitative estimate of drug-likeness (QED) is 0.587. The summed E-state index contributed by atoms with van der Waals surface area (Å²) in [7, 11) is 0. The Labute approximate surface area is 135 Å². The monoisotopic (exact) mass is 299 g/mol. The zero-order chi connectivity index (χ0) is 15.4. The second-order valence-electron chi connectivity index (χ2n) is 6.58. The number of rotatable bonds is 2. The molecule has 2 heteroatoms. The minimum Gasteiger partial charge on any atom is -0.349 e. The van der Waals surface area contributed by atoms with E-state index in [9.17, 15) is 4.79 Å². The maximum Gasteiger partial charge on any atom is 0.251 e. The van der Waals surface area contributed by atoms with Gasteiger partial charge < -0.3 is 5.32 Å². The molecule has 0 spiro atoms. The van der Waals surface area contributed by atoms with Gasteiger partial charge in [-0.25, -0.2) is 0 Å². The molecule has 0 unspecified atom stereocenters. The predicted octanol–water partition coefficient (Wildman–Crippen LogP) is 4.30. The summed E-state index contributed by atoms with van der Waals surface area (Å²) in [6.07, 6.45) is 3.08. The van der Waals surface area contributed by atoms with Crippen LogP contribution in [0.3, 0.4) is 0 Å². The number of hydrogen-bond acceptors (Lipinski definition) is 1. The summed E-state index contributed by atoms with van der Waals surface area (Å²) in [4.78, 5) is 12.7. The number of carbonyl (C=O) groups excluding carboxylic acids is 1. The van der Waals surface area contributed by atoms with Crippen LogP contribution in [-0.2, 0) is 6.42 Å². The topological polar surface area (TPSA) is 29.1 Å². The van der Waals surface area contributed by atoms with Crippen molar-refractivity contribution in [3.63, 3.8) is 0 Å². The molecule has 0 saturated heterocycles. The Balaban J connectivity index is 1.78. The van der Waals surface area contributed by atoms with Crippen LogP contribution in [0.15, 0.2) is 54.6 Å². The van der Waals surface area contributed by atoms with Gasteiger partial charge in [0, 0.05) is 11.6 Å². The predicted molar refractivity (Wildman–Crippen MR) is 92.7 cm³/mol. The van der Waals surface area contributed by atoms with E-state index >= 15 is 0 Å². The van der Waals surface area contributed by atoms with Gasteiger partial charge in [0.2, 0.25) is 0 Å². The lowest BCUT2D eigenvalue weighted by Gasteiger charge is -2.13. The molecule has 0 aromatic heterocycles. The fourth-order valence-corrected chi connectivity index (χ4v) is 3.68. The van der Waals surface area contributed by atoms with Crippen LogP contribution in [0, 0.1) is 0 Å². The number of amides is 1. The van der Waals surface area contributed by atoms with Crippen molar-refractivity contribution in [2.75, 3.05) is 0 Å². The van der Waals surface area contributed by atoms with Gasteiger partial charge in [-0.3, -0.25) is 4.79 Å². The Kier molecular flexibility index (Phi) is 2.63. The number of hydrogen-bond donors (Lipinski definition) is 1. The molecule has 5 rings (SSSR count). The second-order valence-corrected chi connectivity index (χ2v) is 6.58. The molecule has 0 heterocycles. The molecule has 2 aliphatic carbocycles. The summed E-state index contributed by atoms with van der Waals surface area (Å²) in [6.45, 7) is 0. The molecule has 23 heavy (non-hydrogen) atoms. The van der Waals surface area contributed by atoms with Crippen molar-refractivity contribution in [2.45, 2.75) is 25.3 Å². The van der Waals surface area contributed by atoms with E-state index in [0.717, 1.165) is 30.2 Å². The SMILES string of the molecule is O=C(NC1CC1)c1cc2ccccc2c2c1Cc1ccccc1-2. The van der Waals surface area contributed by atoms with E-state index in [1.165, 1.54) is 27.6 Å². The summed E-state index contributed by atoms with van der Waals surface area (Å²) in [5, 5.41) is 5.54. The average Bonchev–Trinajstić information content (AvgIpc) is 3.30. The standard InChI is InChI=1S/C21H17NO/c23-21(22-15-9-10-15)19-12-14-6-2-4-8-17(14)20-16-7-3-1-5-13(16)11-18(19)20/h1-8,12,15H,9-11H2,(H,22,23). The van der Waals surface area contributed by atoms with Crippen molar-refractivity contribution in [1.82, 2.24) is 5.32 Å². The molecule has 0 radical (unpaired) electrons. The molecular weight excluding hydrogens is 282 g/mol. The van der Waals surface area contributed by atoms with E-state index in [-0.39, 0.29) is 5.91 Å².